The average molecular weight is 303 g/mol. The molecular formula is C18H17N5. The first-order chi connectivity index (χ1) is 11.3. The van der Waals surface area contributed by atoms with E-state index in [1.165, 1.54) is 10.9 Å². The molecule has 0 saturated heterocycles. The van der Waals surface area contributed by atoms with E-state index < -0.39 is 0 Å². The number of H-pyrrole nitrogens is 2. The number of para-hydroxylation sites is 1. The molecule has 0 aliphatic carbocycles. The third-order valence-corrected chi connectivity index (χ3v) is 4.05. The fourth-order valence-corrected chi connectivity index (χ4v) is 2.84. The van der Waals surface area contributed by atoms with Crippen LogP contribution in [0.2, 0.25) is 0 Å². The summed E-state index contributed by atoms with van der Waals surface area (Å²) in [5, 5.41) is 1.21. The van der Waals surface area contributed by atoms with Gasteiger partial charge < -0.3 is 15.7 Å². The predicted octanol–water partition coefficient (Wildman–Crippen LogP) is 3.20. The van der Waals surface area contributed by atoms with Crippen LogP contribution in [0.15, 0.2) is 61.2 Å². The van der Waals surface area contributed by atoms with Gasteiger partial charge in [-0.05, 0) is 30.2 Å². The predicted molar refractivity (Wildman–Crippen MR) is 90.7 cm³/mol. The van der Waals surface area contributed by atoms with Crippen molar-refractivity contribution in [2.24, 2.45) is 5.73 Å². The molecule has 0 unspecified atom stereocenters. The van der Waals surface area contributed by atoms with E-state index in [-0.39, 0.29) is 6.04 Å². The van der Waals surface area contributed by atoms with Crippen LogP contribution in [0.5, 0.6) is 0 Å². The zero-order chi connectivity index (χ0) is 15.6. The van der Waals surface area contributed by atoms with Crippen molar-refractivity contribution in [2.45, 2.75) is 12.5 Å². The smallest absolute Gasteiger partial charge is 0.123 e. The molecule has 0 saturated carbocycles. The minimum absolute atomic E-state index is 0.176. The first kappa shape index (κ1) is 13.7. The van der Waals surface area contributed by atoms with Crippen molar-refractivity contribution >= 4 is 10.9 Å². The Bertz CT molecular complexity index is 923. The number of hydrogen-bond donors (Lipinski definition) is 3. The van der Waals surface area contributed by atoms with Crippen molar-refractivity contribution in [1.29, 1.82) is 0 Å². The lowest BCUT2D eigenvalue weighted by Crippen LogP contribution is -2.14. The van der Waals surface area contributed by atoms with Crippen LogP contribution in [-0.2, 0) is 6.42 Å². The molecule has 1 aromatic carbocycles. The number of benzene rings is 1. The van der Waals surface area contributed by atoms with E-state index in [1.54, 1.807) is 12.4 Å². The molecule has 3 aromatic heterocycles. The van der Waals surface area contributed by atoms with Gasteiger partial charge in [-0.1, -0.05) is 18.2 Å². The van der Waals surface area contributed by atoms with Gasteiger partial charge >= 0.3 is 0 Å². The van der Waals surface area contributed by atoms with Gasteiger partial charge in [-0.2, -0.15) is 0 Å². The monoisotopic (exact) mass is 303 g/mol. The number of nitrogens with two attached hydrogens (primary N) is 1. The Morgan fingerprint density at radius 3 is 2.78 bits per heavy atom. The van der Waals surface area contributed by atoms with Gasteiger partial charge in [-0.25, -0.2) is 4.98 Å². The average Bonchev–Trinajstić information content (AvgIpc) is 3.24. The van der Waals surface area contributed by atoms with Crippen molar-refractivity contribution in [3.8, 4) is 11.3 Å². The molecule has 1 atom stereocenters. The van der Waals surface area contributed by atoms with Crippen molar-refractivity contribution in [3.05, 3.63) is 72.6 Å². The highest BCUT2D eigenvalue weighted by Gasteiger charge is 2.14. The molecule has 4 aromatic rings. The summed E-state index contributed by atoms with van der Waals surface area (Å²) in [6.07, 6.45) is 8.10. The molecular weight excluding hydrogens is 286 g/mol. The van der Waals surface area contributed by atoms with Gasteiger partial charge in [0, 0.05) is 35.1 Å². The number of aromatic nitrogens is 4. The Balaban J connectivity index is 1.58. The fraction of sp³-hybridized carbons (Fsp3) is 0.111. The first-order valence-corrected chi connectivity index (χ1v) is 7.57. The van der Waals surface area contributed by atoms with Crippen LogP contribution < -0.4 is 5.73 Å². The van der Waals surface area contributed by atoms with Gasteiger partial charge in [0.05, 0.1) is 17.9 Å². The quantitative estimate of drug-likeness (QED) is 0.541. The third-order valence-electron chi connectivity index (χ3n) is 4.05. The minimum atomic E-state index is -0.176. The second-order valence-corrected chi connectivity index (χ2v) is 5.59. The van der Waals surface area contributed by atoms with Gasteiger partial charge in [0.1, 0.15) is 5.82 Å². The van der Waals surface area contributed by atoms with E-state index in [9.17, 15) is 0 Å². The van der Waals surface area contributed by atoms with E-state index in [2.05, 4.69) is 32.1 Å². The summed E-state index contributed by atoms with van der Waals surface area (Å²) in [5.41, 5.74) is 10.7. The summed E-state index contributed by atoms with van der Waals surface area (Å²) in [6, 6.07) is 12.0. The van der Waals surface area contributed by atoms with E-state index in [0.717, 1.165) is 29.0 Å². The lowest BCUT2D eigenvalue weighted by Gasteiger charge is -2.08. The first-order valence-electron chi connectivity index (χ1n) is 7.57. The number of imidazole rings is 1. The molecule has 0 amide bonds. The van der Waals surface area contributed by atoms with Crippen LogP contribution in [0.4, 0.5) is 0 Å². The molecule has 0 aliphatic heterocycles. The largest absolute Gasteiger partial charge is 0.361 e. The number of pyridine rings is 1. The van der Waals surface area contributed by atoms with Gasteiger partial charge in [-0.15, -0.1) is 0 Å². The van der Waals surface area contributed by atoms with Crippen LogP contribution in [0.3, 0.4) is 0 Å². The standard InChI is InChI=1S/C18H17N5/c19-15(9-13-10-21-16-4-2-1-3-14(13)16)18-22-11-17(23-18)12-5-7-20-8-6-12/h1-8,10-11,15,21H,9,19H2,(H,22,23)/t15-/m1/s1. The number of fused-ring (bicyclic) bond motifs is 1. The molecule has 0 bridgehead atoms. The molecule has 0 fully saturated rings. The number of aromatic amines is 2. The normalized spacial score (nSPS) is 12.6. The lowest BCUT2D eigenvalue weighted by molar-refractivity contribution is 0.680. The molecule has 0 radical (unpaired) electrons. The molecule has 0 aliphatic rings. The summed E-state index contributed by atoms with van der Waals surface area (Å²) in [6.45, 7) is 0. The van der Waals surface area contributed by atoms with E-state index in [0.29, 0.717) is 0 Å². The van der Waals surface area contributed by atoms with Crippen LogP contribution in [-0.4, -0.2) is 19.9 Å². The van der Waals surface area contributed by atoms with E-state index in [1.807, 2.05) is 36.7 Å². The summed E-state index contributed by atoms with van der Waals surface area (Å²) < 4.78 is 0. The SMILES string of the molecule is N[C@H](Cc1c[nH]c2ccccc12)c1ncc(-c2ccncc2)[nH]1. The van der Waals surface area contributed by atoms with Gasteiger partial charge in [-0.3, -0.25) is 4.98 Å². The number of hydrogen-bond acceptors (Lipinski definition) is 3. The van der Waals surface area contributed by atoms with Gasteiger partial charge in [0.2, 0.25) is 0 Å². The van der Waals surface area contributed by atoms with Crippen LogP contribution >= 0.6 is 0 Å². The van der Waals surface area contributed by atoms with Crippen LogP contribution in [0.25, 0.3) is 22.2 Å². The Morgan fingerprint density at radius 2 is 1.91 bits per heavy atom. The third kappa shape index (κ3) is 2.62. The maximum Gasteiger partial charge on any atom is 0.123 e. The van der Waals surface area contributed by atoms with Crippen molar-refractivity contribution in [2.75, 3.05) is 0 Å². The number of nitrogens with one attached hydrogen (secondary N) is 2. The summed E-state index contributed by atoms with van der Waals surface area (Å²) in [7, 11) is 0. The number of nitrogens with zero attached hydrogens (tertiary/aromatic N) is 2. The Hall–Kier alpha value is -2.92. The Labute approximate surface area is 133 Å². The minimum Gasteiger partial charge on any atom is -0.361 e. The molecule has 5 nitrogen and oxygen atoms in total. The molecule has 23 heavy (non-hydrogen) atoms. The number of rotatable bonds is 4. The van der Waals surface area contributed by atoms with Crippen molar-refractivity contribution < 1.29 is 0 Å². The second kappa shape index (κ2) is 5.70. The highest BCUT2D eigenvalue weighted by atomic mass is 15.0. The van der Waals surface area contributed by atoms with Crippen LogP contribution in [0.1, 0.15) is 17.4 Å². The maximum atomic E-state index is 6.35. The molecule has 0 spiro atoms. The Morgan fingerprint density at radius 1 is 1.09 bits per heavy atom. The summed E-state index contributed by atoms with van der Waals surface area (Å²) in [5.74, 6) is 0.794. The topological polar surface area (TPSA) is 83.4 Å². The fourth-order valence-electron chi connectivity index (χ4n) is 2.84. The zero-order valence-electron chi connectivity index (χ0n) is 12.5. The maximum absolute atomic E-state index is 6.35. The molecule has 3 heterocycles. The van der Waals surface area contributed by atoms with Gasteiger partial charge in [0.25, 0.3) is 0 Å². The second-order valence-electron chi connectivity index (χ2n) is 5.59. The van der Waals surface area contributed by atoms with Crippen LogP contribution in [0, 0.1) is 0 Å². The summed E-state index contributed by atoms with van der Waals surface area (Å²) >= 11 is 0. The molecule has 4 rings (SSSR count). The highest BCUT2D eigenvalue weighted by Crippen LogP contribution is 2.23. The molecule has 114 valence electrons. The van der Waals surface area contributed by atoms with Crippen molar-refractivity contribution in [3.63, 3.8) is 0 Å². The molecule has 5 heteroatoms. The summed E-state index contributed by atoms with van der Waals surface area (Å²) in [4.78, 5) is 15.1. The molecule has 4 N–H and O–H groups in total. The lowest BCUT2D eigenvalue weighted by atomic mass is 10.1. The zero-order valence-corrected chi connectivity index (χ0v) is 12.5. The van der Waals surface area contributed by atoms with E-state index >= 15 is 0 Å². The van der Waals surface area contributed by atoms with Gasteiger partial charge in [0.15, 0.2) is 0 Å². The van der Waals surface area contributed by atoms with E-state index in [4.69, 9.17) is 5.73 Å². The highest BCUT2D eigenvalue weighted by molar-refractivity contribution is 5.83. The Kier molecular flexibility index (Phi) is 3.40. The van der Waals surface area contributed by atoms with Crippen molar-refractivity contribution in [1.82, 2.24) is 19.9 Å².